The van der Waals surface area contributed by atoms with Crippen molar-refractivity contribution in [3.05, 3.63) is 28.0 Å². The number of aromatic nitrogens is 2. The molecule has 1 aromatic carbocycles. The zero-order valence-corrected chi connectivity index (χ0v) is 12.9. The van der Waals surface area contributed by atoms with Crippen molar-refractivity contribution in [2.75, 3.05) is 6.61 Å². The minimum atomic E-state index is -0.328. The van der Waals surface area contributed by atoms with Crippen molar-refractivity contribution in [3.63, 3.8) is 0 Å². The fraction of sp³-hybridized carbons (Fsp3) is 0.429. The Balaban J connectivity index is 2.44. The maximum Gasteiger partial charge on any atom is 0.316 e. The molecule has 19 heavy (non-hydrogen) atoms. The second-order valence-electron chi connectivity index (χ2n) is 4.45. The molecule has 0 spiro atoms. The summed E-state index contributed by atoms with van der Waals surface area (Å²) in [5.41, 5.74) is 2.91. The third-order valence-electron chi connectivity index (χ3n) is 3.07. The molecule has 0 bridgehead atoms. The van der Waals surface area contributed by atoms with Crippen LogP contribution in [0.3, 0.4) is 0 Å². The maximum atomic E-state index is 11.9. The maximum absolute atomic E-state index is 11.9. The Kier molecular flexibility index (Phi) is 4.24. The summed E-state index contributed by atoms with van der Waals surface area (Å²) in [6.45, 7) is 6.16. The lowest BCUT2D eigenvalue weighted by Gasteiger charge is -2.10. The number of nitrogens with zero attached hydrogens (tertiary/aromatic N) is 1. The Hall–Kier alpha value is -1.36. The number of nitrogens with one attached hydrogen (secondary N) is 1. The molecule has 1 unspecified atom stereocenters. The fourth-order valence-corrected chi connectivity index (χ4v) is 2.72. The van der Waals surface area contributed by atoms with Crippen LogP contribution in [-0.2, 0) is 9.53 Å². The van der Waals surface area contributed by atoms with E-state index in [1.54, 1.807) is 0 Å². The van der Waals surface area contributed by atoms with E-state index in [0.717, 1.165) is 21.1 Å². The highest BCUT2D eigenvalue weighted by Gasteiger charge is 2.23. The number of fused-ring (bicyclic) bond motifs is 1. The average molecular weight is 325 g/mol. The van der Waals surface area contributed by atoms with Gasteiger partial charge in [0.25, 0.3) is 0 Å². The van der Waals surface area contributed by atoms with Crippen molar-refractivity contribution in [2.24, 2.45) is 0 Å². The van der Waals surface area contributed by atoms with Gasteiger partial charge in [-0.1, -0.05) is 22.9 Å². The average Bonchev–Trinajstić information content (AvgIpc) is 2.74. The number of H-pyrrole nitrogens is 1. The molecule has 102 valence electrons. The number of imidazole rings is 1. The van der Waals surface area contributed by atoms with Gasteiger partial charge in [-0.25, -0.2) is 4.98 Å². The number of aryl methyl sites for hydroxylation is 1. The van der Waals surface area contributed by atoms with Crippen LogP contribution in [0.4, 0.5) is 0 Å². The number of halogens is 1. The van der Waals surface area contributed by atoms with Crippen LogP contribution >= 0.6 is 15.9 Å². The normalized spacial score (nSPS) is 12.6. The van der Waals surface area contributed by atoms with Crippen LogP contribution in [0, 0.1) is 6.92 Å². The SMILES string of the molecule is CCOC(=O)C(CC)c1nc2c(C)cc(Br)cc2[nH]1. The summed E-state index contributed by atoms with van der Waals surface area (Å²) in [7, 11) is 0. The number of aromatic amines is 1. The second-order valence-corrected chi connectivity index (χ2v) is 5.37. The van der Waals surface area contributed by atoms with Crippen molar-refractivity contribution in [3.8, 4) is 0 Å². The van der Waals surface area contributed by atoms with E-state index in [2.05, 4.69) is 25.9 Å². The van der Waals surface area contributed by atoms with E-state index >= 15 is 0 Å². The van der Waals surface area contributed by atoms with Crippen LogP contribution < -0.4 is 0 Å². The topological polar surface area (TPSA) is 55.0 Å². The van der Waals surface area contributed by atoms with Crippen LogP contribution in [0.25, 0.3) is 11.0 Å². The lowest BCUT2D eigenvalue weighted by atomic mass is 10.1. The molecule has 0 aliphatic carbocycles. The molecule has 4 nitrogen and oxygen atoms in total. The highest BCUT2D eigenvalue weighted by atomic mass is 79.9. The Bertz CT molecular complexity index is 607. The number of hydrogen-bond donors (Lipinski definition) is 1. The third-order valence-corrected chi connectivity index (χ3v) is 3.53. The number of carbonyl (C=O) groups excluding carboxylic acids is 1. The second kappa shape index (κ2) is 5.74. The van der Waals surface area contributed by atoms with Crippen molar-refractivity contribution >= 4 is 32.9 Å². The van der Waals surface area contributed by atoms with E-state index in [-0.39, 0.29) is 11.9 Å². The van der Waals surface area contributed by atoms with Crippen molar-refractivity contribution in [1.29, 1.82) is 0 Å². The van der Waals surface area contributed by atoms with Gasteiger partial charge >= 0.3 is 5.97 Å². The summed E-state index contributed by atoms with van der Waals surface area (Å²) in [6, 6.07) is 3.98. The lowest BCUT2D eigenvalue weighted by molar-refractivity contribution is -0.145. The van der Waals surface area contributed by atoms with Crippen LogP contribution in [0.5, 0.6) is 0 Å². The van der Waals surface area contributed by atoms with Crippen molar-refractivity contribution in [1.82, 2.24) is 9.97 Å². The predicted molar refractivity (Wildman–Crippen MR) is 78.2 cm³/mol. The smallest absolute Gasteiger partial charge is 0.316 e. The molecule has 1 atom stereocenters. The molecule has 0 radical (unpaired) electrons. The molecule has 1 heterocycles. The summed E-state index contributed by atoms with van der Waals surface area (Å²) < 4.78 is 6.09. The molecule has 0 aliphatic rings. The van der Waals surface area contributed by atoms with E-state index in [9.17, 15) is 4.79 Å². The van der Waals surface area contributed by atoms with Gasteiger partial charge in [0.15, 0.2) is 0 Å². The molecular weight excluding hydrogens is 308 g/mol. The zero-order chi connectivity index (χ0) is 14.0. The molecule has 2 aromatic rings. The molecule has 2 rings (SSSR count). The van der Waals surface area contributed by atoms with Crippen LogP contribution in [0.15, 0.2) is 16.6 Å². The van der Waals surface area contributed by atoms with Gasteiger partial charge in [0.2, 0.25) is 0 Å². The largest absolute Gasteiger partial charge is 0.465 e. The van der Waals surface area contributed by atoms with Crippen molar-refractivity contribution < 1.29 is 9.53 Å². The molecule has 0 saturated heterocycles. The Morgan fingerprint density at radius 1 is 1.47 bits per heavy atom. The lowest BCUT2D eigenvalue weighted by Crippen LogP contribution is -2.16. The highest BCUT2D eigenvalue weighted by Crippen LogP contribution is 2.26. The molecule has 0 amide bonds. The first kappa shape index (κ1) is 14.1. The fourth-order valence-electron chi connectivity index (χ4n) is 2.15. The number of carbonyl (C=O) groups is 1. The van der Waals surface area contributed by atoms with Gasteiger partial charge in [-0.2, -0.15) is 0 Å². The molecule has 0 fully saturated rings. The highest BCUT2D eigenvalue weighted by molar-refractivity contribution is 9.10. The Labute approximate surface area is 120 Å². The number of hydrogen-bond acceptors (Lipinski definition) is 3. The quantitative estimate of drug-likeness (QED) is 0.872. The number of rotatable bonds is 4. The number of benzene rings is 1. The van der Waals surface area contributed by atoms with Crippen molar-refractivity contribution in [2.45, 2.75) is 33.1 Å². The predicted octanol–water partition coefficient (Wildman–Crippen LogP) is 3.69. The molecular formula is C14H17BrN2O2. The summed E-state index contributed by atoms with van der Waals surface area (Å²) in [5, 5.41) is 0. The molecule has 1 N–H and O–H groups in total. The van der Waals surface area contributed by atoms with E-state index in [4.69, 9.17) is 4.74 Å². The molecule has 1 aromatic heterocycles. The summed E-state index contributed by atoms with van der Waals surface area (Å²) >= 11 is 3.46. The Morgan fingerprint density at radius 2 is 2.21 bits per heavy atom. The first-order valence-corrected chi connectivity index (χ1v) is 7.18. The monoisotopic (exact) mass is 324 g/mol. The first-order chi connectivity index (χ1) is 9.06. The van der Waals surface area contributed by atoms with E-state index in [1.807, 2.05) is 32.9 Å². The zero-order valence-electron chi connectivity index (χ0n) is 11.3. The number of ether oxygens (including phenoxy) is 1. The van der Waals surface area contributed by atoms with E-state index in [0.29, 0.717) is 18.9 Å². The molecule has 0 saturated carbocycles. The van der Waals surface area contributed by atoms with Gasteiger partial charge in [-0.15, -0.1) is 0 Å². The third kappa shape index (κ3) is 2.81. The van der Waals surface area contributed by atoms with E-state index in [1.165, 1.54) is 0 Å². The van der Waals surface area contributed by atoms with Crippen LogP contribution in [0.1, 0.15) is 37.6 Å². The van der Waals surface area contributed by atoms with Gasteiger partial charge in [0.1, 0.15) is 11.7 Å². The Morgan fingerprint density at radius 3 is 2.84 bits per heavy atom. The van der Waals surface area contributed by atoms with Gasteiger partial charge < -0.3 is 9.72 Å². The minimum Gasteiger partial charge on any atom is -0.465 e. The molecule has 0 aliphatic heterocycles. The van der Waals surface area contributed by atoms with Gasteiger partial charge in [0.05, 0.1) is 17.6 Å². The summed E-state index contributed by atoms with van der Waals surface area (Å²) in [6.07, 6.45) is 0.666. The van der Waals surface area contributed by atoms with Crippen LogP contribution in [-0.4, -0.2) is 22.5 Å². The van der Waals surface area contributed by atoms with E-state index < -0.39 is 0 Å². The minimum absolute atomic E-state index is 0.222. The van der Waals surface area contributed by atoms with Gasteiger partial charge in [-0.05, 0) is 38.0 Å². The van der Waals surface area contributed by atoms with Gasteiger partial charge in [-0.3, -0.25) is 4.79 Å². The summed E-state index contributed by atoms with van der Waals surface area (Å²) in [4.78, 5) is 19.7. The van der Waals surface area contributed by atoms with Gasteiger partial charge in [0, 0.05) is 4.47 Å². The first-order valence-electron chi connectivity index (χ1n) is 6.39. The summed E-state index contributed by atoms with van der Waals surface area (Å²) in [5.74, 6) is 0.128. The standard InChI is InChI=1S/C14H17BrN2O2/c1-4-10(14(18)19-5-2)13-16-11-7-9(15)6-8(3)12(11)17-13/h6-7,10H,4-5H2,1-3H3,(H,16,17). The number of esters is 1. The van der Waals surface area contributed by atoms with Crippen LogP contribution in [0.2, 0.25) is 0 Å². The molecule has 5 heteroatoms.